The molecule has 2 heterocycles. The average Bonchev–Trinajstić information content (AvgIpc) is 2.89. The molecule has 3 rings (SSSR count). The van der Waals surface area contributed by atoms with E-state index < -0.39 is 4.92 Å². The van der Waals surface area contributed by atoms with Gasteiger partial charge in [0.05, 0.1) is 9.40 Å². The maximum absolute atomic E-state index is 10.9. The van der Waals surface area contributed by atoms with Crippen LogP contribution in [0.15, 0.2) is 52.2 Å². The Labute approximate surface area is 132 Å². The molecule has 106 valence electrons. The molecule has 0 unspecified atom stereocenters. The summed E-state index contributed by atoms with van der Waals surface area (Å²) in [4.78, 5) is 10.5. The van der Waals surface area contributed by atoms with E-state index in [0.29, 0.717) is 10.2 Å². The molecular formula is C13H9BrN4O2S. The van der Waals surface area contributed by atoms with Crippen molar-refractivity contribution in [3.05, 3.63) is 62.7 Å². The zero-order valence-electron chi connectivity index (χ0n) is 10.6. The highest BCUT2D eigenvalue weighted by Crippen LogP contribution is 2.32. The molecule has 0 amide bonds. The number of halogens is 1. The third-order valence-electron chi connectivity index (χ3n) is 2.89. The molecule has 2 aromatic heterocycles. The summed E-state index contributed by atoms with van der Waals surface area (Å²) in [5, 5.41) is 19.9. The molecule has 0 spiro atoms. The predicted molar refractivity (Wildman–Crippen MR) is 83.3 cm³/mol. The summed E-state index contributed by atoms with van der Waals surface area (Å²) >= 11 is 4.78. The SMILES string of the molecule is O=[N+]([O-])c1cccc(CSc2nnc3ccccn23)c1Br. The lowest BCUT2D eigenvalue weighted by atomic mass is 10.2. The summed E-state index contributed by atoms with van der Waals surface area (Å²) in [6, 6.07) is 10.7. The number of benzene rings is 1. The Morgan fingerprint density at radius 1 is 1.24 bits per heavy atom. The van der Waals surface area contributed by atoms with Crippen LogP contribution in [-0.4, -0.2) is 19.5 Å². The maximum atomic E-state index is 10.9. The standard InChI is InChI=1S/C13H9BrN4O2S/c14-12-9(4-3-5-10(12)18(19)20)8-21-13-16-15-11-6-1-2-7-17(11)13/h1-7H,8H2. The molecule has 0 atom stereocenters. The molecular weight excluding hydrogens is 356 g/mol. The Bertz CT molecular complexity index is 821. The van der Waals surface area contributed by atoms with Crippen LogP contribution in [0.3, 0.4) is 0 Å². The van der Waals surface area contributed by atoms with Gasteiger partial charge in [-0.1, -0.05) is 30.0 Å². The van der Waals surface area contributed by atoms with Gasteiger partial charge in [0.25, 0.3) is 5.69 Å². The maximum Gasteiger partial charge on any atom is 0.283 e. The van der Waals surface area contributed by atoms with Crippen molar-refractivity contribution in [2.45, 2.75) is 10.9 Å². The number of thioether (sulfide) groups is 1. The van der Waals surface area contributed by atoms with Crippen LogP contribution in [0.4, 0.5) is 5.69 Å². The third-order valence-corrected chi connectivity index (χ3v) is 4.80. The first-order valence-electron chi connectivity index (χ1n) is 6.01. The quantitative estimate of drug-likeness (QED) is 0.401. The van der Waals surface area contributed by atoms with E-state index in [-0.39, 0.29) is 5.69 Å². The number of nitro benzene ring substituents is 1. The monoisotopic (exact) mass is 364 g/mol. The normalized spacial score (nSPS) is 10.9. The van der Waals surface area contributed by atoms with Crippen LogP contribution < -0.4 is 0 Å². The van der Waals surface area contributed by atoms with Gasteiger partial charge in [-0.25, -0.2) is 0 Å². The first kappa shape index (κ1) is 14.0. The lowest BCUT2D eigenvalue weighted by Crippen LogP contribution is -1.93. The van der Waals surface area contributed by atoms with Crippen molar-refractivity contribution in [2.24, 2.45) is 0 Å². The fourth-order valence-corrected chi connectivity index (χ4v) is 3.53. The van der Waals surface area contributed by atoms with Crippen LogP contribution in [-0.2, 0) is 5.75 Å². The Kier molecular flexibility index (Phi) is 3.89. The van der Waals surface area contributed by atoms with Gasteiger partial charge in [-0.15, -0.1) is 10.2 Å². The summed E-state index contributed by atoms with van der Waals surface area (Å²) < 4.78 is 2.40. The van der Waals surface area contributed by atoms with Crippen LogP contribution in [0, 0.1) is 10.1 Å². The van der Waals surface area contributed by atoms with Crippen molar-refractivity contribution < 1.29 is 4.92 Å². The molecule has 0 aliphatic rings. The summed E-state index contributed by atoms with van der Waals surface area (Å²) in [7, 11) is 0. The molecule has 0 aliphatic heterocycles. The van der Waals surface area contributed by atoms with E-state index in [1.165, 1.54) is 17.8 Å². The van der Waals surface area contributed by atoms with Gasteiger partial charge in [-0.05, 0) is 33.6 Å². The molecule has 8 heteroatoms. The van der Waals surface area contributed by atoms with Crippen LogP contribution in [0.1, 0.15) is 5.56 Å². The largest absolute Gasteiger partial charge is 0.283 e. The highest BCUT2D eigenvalue weighted by atomic mass is 79.9. The van der Waals surface area contributed by atoms with Gasteiger partial charge >= 0.3 is 0 Å². The molecule has 1 aromatic carbocycles. The molecule has 0 bridgehead atoms. The molecule has 0 aliphatic carbocycles. The molecule has 0 saturated carbocycles. The number of hydrogen-bond donors (Lipinski definition) is 0. The van der Waals surface area contributed by atoms with Gasteiger partial charge in [-0.3, -0.25) is 14.5 Å². The minimum atomic E-state index is -0.398. The lowest BCUT2D eigenvalue weighted by molar-refractivity contribution is -0.385. The fourth-order valence-electron chi connectivity index (χ4n) is 1.88. The second-order valence-corrected chi connectivity index (χ2v) is 5.94. The van der Waals surface area contributed by atoms with Crippen LogP contribution in [0.5, 0.6) is 0 Å². The minimum absolute atomic E-state index is 0.0687. The summed E-state index contributed by atoms with van der Waals surface area (Å²) in [5.41, 5.74) is 1.69. The van der Waals surface area contributed by atoms with E-state index in [1.54, 1.807) is 6.07 Å². The van der Waals surface area contributed by atoms with Crippen LogP contribution in [0.2, 0.25) is 0 Å². The smallest absolute Gasteiger partial charge is 0.277 e. The first-order valence-corrected chi connectivity index (χ1v) is 7.79. The number of pyridine rings is 1. The van der Waals surface area contributed by atoms with E-state index >= 15 is 0 Å². The van der Waals surface area contributed by atoms with Crippen LogP contribution in [0.25, 0.3) is 5.65 Å². The van der Waals surface area contributed by atoms with Gasteiger partial charge in [-0.2, -0.15) is 0 Å². The number of hydrogen-bond acceptors (Lipinski definition) is 5. The second-order valence-electron chi connectivity index (χ2n) is 4.21. The molecule has 0 radical (unpaired) electrons. The highest BCUT2D eigenvalue weighted by Gasteiger charge is 2.15. The average molecular weight is 365 g/mol. The van der Waals surface area contributed by atoms with Crippen molar-refractivity contribution in [1.82, 2.24) is 14.6 Å². The Balaban J connectivity index is 1.85. The zero-order valence-corrected chi connectivity index (χ0v) is 13.0. The summed E-state index contributed by atoms with van der Waals surface area (Å²) in [5.74, 6) is 0.567. The van der Waals surface area contributed by atoms with Crippen molar-refractivity contribution in [3.8, 4) is 0 Å². The van der Waals surface area contributed by atoms with E-state index in [9.17, 15) is 10.1 Å². The van der Waals surface area contributed by atoms with E-state index in [1.807, 2.05) is 34.9 Å². The van der Waals surface area contributed by atoms with Gasteiger partial charge in [0.1, 0.15) is 0 Å². The van der Waals surface area contributed by atoms with Crippen molar-refractivity contribution in [1.29, 1.82) is 0 Å². The summed E-state index contributed by atoms with van der Waals surface area (Å²) in [6.07, 6.45) is 1.89. The number of nitrogens with zero attached hydrogens (tertiary/aromatic N) is 4. The number of aromatic nitrogens is 3. The minimum Gasteiger partial charge on any atom is -0.277 e. The van der Waals surface area contributed by atoms with Gasteiger partial charge in [0, 0.05) is 18.0 Å². The van der Waals surface area contributed by atoms with E-state index in [4.69, 9.17) is 0 Å². The topological polar surface area (TPSA) is 73.3 Å². The van der Waals surface area contributed by atoms with E-state index in [2.05, 4.69) is 26.1 Å². The first-order chi connectivity index (χ1) is 10.2. The highest BCUT2D eigenvalue weighted by molar-refractivity contribution is 9.10. The molecule has 21 heavy (non-hydrogen) atoms. The lowest BCUT2D eigenvalue weighted by Gasteiger charge is -2.04. The summed E-state index contributed by atoms with van der Waals surface area (Å²) in [6.45, 7) is 0. The number of nitro groups is 1. The molecule has 0 saturated heterocycles. The second kappa shape index (κ2) is 5.82. The third kappa shape index (κ3) is 2.77. The Hall–Kier alpha value is -1.93. The van der Waals surface area contributed by atoms with Gasteiger partial charge in [0.15, 0.2) is 10.8 Å². The molecule has 0 fully saturated rings. The van der Waals surface area contributed by atoms with Crippen molar-refractivity contribution in [2.75, 3.05) is 0 Å². The van der Waals surface area contributed by atoms with Crippen molar-refractivity contribution >= 4 is 39.0 Å². The Morgan fingerprint density at radius 3 is 2.90 bits per heavy atom. The van der Waals surface area contributed by atoms with Gasteiger partial charge in [0.2, 0.25) is 0 Å². The zero-order chi connectivity index (χ0) is 14.8. The molecule has 0 N–H and O–H groups in total. The van der Waals surface area contributed by atoms with Gasteiger partial charge < -0.3 is 0 Å². The Morgan fingerprint density at radius 2 is 2.10 bits per heavy atom. The fraction of sp³-hybridized carbons (Fsp3) is 0.0769. The van der Waals surface area contributed by atoms with Crippen molar-refractivity contribution in [3.63, 3.8) is 0 Å². The number of rotatable bonds is 4. The molecule has 6 nitrogen and oxygen atoms in total. The van der Waals surface area contributed by atoms with E-state index in [0.717, 1.165) is 16.4 Å². The predicted octanol–water partition coefficient (Wildman–Crippen LogP) is 3.69. The van der Waals surface area contributed by atoms with Crippen LogP contribution >= 0.6 is 27.7 Å². The molecule has 3 aromatic rings. The number of fused-ring (bicyclic) bond motifs is 1.